The molecule has 0 bridgehead atoms. The van der Waals surface area contributed by atoms with Crippen LogP contribution in [0.4, 0.5) is 4.79 Å². The Balaban J connectivity index is 2.24. The summed E-state index contributed by atoms with van der Waals surface area (Å²) in [6.45, 7) is -0.0585. The van der Waals surface area contributed by atoms with E-state index in [2.05, 4.69) is 15.7 Å². The Hall–Kier alpha value is -2.09. The molecule has 0 fully saturated rings. The Morgan fingerprint density at radius 2 is 2.24 bits per heavy atom. The molecule has 1 aromatic heterocycles. The summed E-state index contributed by atoms with van der Waals surface area (Å²) in [5.74, 6) is -1.38. The van der Waals surface area contributed by atoms with Gasteiger partial charge in [0.1, 0.15) is 0 Å². The number of carboxylic acids is 1. The van der Waals surface area contributed by atoms with Crippen molar-refractivity contribution in [2.75, 3.05) is 6.54 Å². The van der Waals surface area contributed by atoms with E-state index >= 15 is 0 Å². The molecule has 17 heavy (non-hydrogen) atoms. The van der Waals surface area contributed by atoms with Gasteiger partial charge in [0.05, 0.1) is 12.7 Å². The molecule has 0 aromatic carbocycles. The van der Waals surface area contributed by atoms with E-state index in [-0.39, 0.29) is 13.1 Å². The highest BCUT2D eigenvalue weighted by molar-refractivity contribution is 5.76. The second kappa shape index (κ2) is 5.85. The first kappa shape index (κ1) is 13.0. The summed E-state index contributed by atoms with van der Waals surface area (Å²) in [7, 11) is 1.76. The molecule has 1 atom stereocenters. The fraction of sp³-hybridized carbons (Fsp3) is 0.444. The number of carboxylic acid groups (broad SMARTS) is 1. The number of carbonyl (C=O) groups excluding carboxylic acids is 1. The summed E-state index contributed by atoms with van der Waals surface area (Å²) in [4.78, 5) is 21.5. The summed E-state index contributed by atoms with van der Waals surface area (Å²) in [6.07, 6.45) is 1.75. The Bertz CT molecular complexity index is 403. The lowest BCUT2D eigenvalue weighted by atomic mass is 10.3. The van der Waals surface area contributed by atoms with Crippen LogP contribution in [0, 0.1) is 0 Å². The normalized spacial score (nSPS) is 11.9. The van der Waals surface area contributed by atoms with Gasteiger partial charge >= 0.3 is 12.0 Å². The van der Waals surface area contributed by atoms with Crippen molar-refractivity contribution in [3.63, 3.8) is 0 Å². The number of aromatic nitrogens is 2. The van der Waals surface area contributed by atoms with Crippen LogP contribution in [0.1, 0.15) is 5.56 Å². The zero-order valence-electron chi connectivity index (χ0n) is 9.25. The minimum atomic E-state index is -1.60. The van der Waals surface area contributed by atoms with Crippen LogP contribution in [0.15, 0.2) is 12.4 Å². The van der Waals surface area contributed by atoms with Crippen LogP contribution >= 0.6 is 0 Å². The first-order valence-corrected chi connectivity index (χ1v) is 4.89. The SMILES string of the molecule is Cn1cc(CNC(=O)NC[C@H](O)C(=O)O)cn1. The van der Waals surface area contributed by atoms with Crippen molar-refractivity contribution in [1.82, 2.24) is 20.4 Å². The number of aliphatic hydroxyl groups excluding tert-OH is 1. The molecule has 0 aliphatic rings. The van der Waals surface area contributed by atoms with Crippen LogP contribution < -0.4 is 10.6 Å². The maximum Gasteiger partial charge on any atom is 0.334 e. The maximum atomic E-state index is 11.2. The number of nitrogens with zero attached hydrogens (tertiary/aromatic N) is 2. The highest BCUT2D eigenvalue weighted by Crippen LogP contribution is 1.94. The molecule has 4 N–H and O–H groups in total. The molecule has 0 unspecified atom stereocenters. The third kappa shape index (κ3) is 4.51. The highest BCUT2D eigenvalue weighted by Gasteiger charge is 2.13. The van der Waals surface area contributed by atoms with E-state index in [1.165, 1.54) is 0 Å². The van der Waals surface area contributed by atoms with Crippen molar-refractivity contribution in [3.05, 3.63) is 18.0 Å². The van der Waals surface area contributed by atoms with Gasteiger partial charge in [0.25, 0.3) is 0 Å². The average molecular weight is 242 g/mol. The van der Waals surface area contributed by atoms with Gasteiger partial charge in [-0.05, 0) is 0 Å². The van der Waals surface area contributed by atoms with Crippen molar-refractivity contribution in [1.29, 1.82) is 0 Å². The maximum absolute atomic E-state index is 11.2. The predicted molar refractivity (Wildman–Crippen MR) is 57.1 cm³/mol. The van der Waals surface area contributed by atoms with E-state index in [1.807, 2.05) is 0 Å². The van der Waals surface area contributed by atoms with Crippen LogP contribution in [0.2, 0.25) is 0 Å². The molecule has 0 saturated carbocycles. The average Bonchev–Trinajstić information content (AvgIpc) is 2.69. The van der Waals surface area contributed by atoms with Crippen LogP contribution in [-0.4, -0.2) is 44.6 Å². The minimum absolute atomic E-state index is 0.281. The molecule has 1 heterocycles. The number of rotatable bonds is 5. The largest absolute Gasteiger partial charge is 0.479 e. The zero-order valence-corrected chi connectivity index (χ0v) is 9.25. The van der Waals surface area contributed by atoms with Gasteiger partial charge in [-0.15, -0.1) is 0 Å². The smallest absolute Gasteiger partial charge is 0.334 e. The summed E-state index contributed by atoms with van der Waals surface area (Å²) in [5, 5.41) is 25.9. The topological polar surface area (TPSA) is 116 Å². The monoisotopic (exact) mass is 242 g/mol. The molecule has 2 amide bonds. The molecular formula is C9H14N4O4. The van der Waals surface area contributed by atoms with Crippen molar-refractivity contribution in [2.24, 2.45) is 7.05 Å². The van der Waals surface area contributed by atoms with Gasteiger partial charge in [-0.1, -0.05) is 0 Å². The molecule has 0 spiro atoms. The first-order chi connectivity index (χ1) is 7.99. The first-order valence-electron chi connectivity index (χ1n) is 4.89. The number of aliphatic carboxylic acids is 1. The summed E-state index contributed by atoms with van der Waals surface area (Å²) in [5.41, 5.74) is 0.821. The van der Waals surface area contributed by atoms with Gasteiger partial charge in [-0.3, -0.25) is 4.68 Å². The Kier molecular flexibility index (Phi) is 4.46. The van der Waals surface area contributed by atoms with E-state index in [4.69, 9.17) is 10.2 Å². The number of hydrogen-bond acceptors (Lipinski definition) is 4. The highest BCUT2D eigenvalue weighted by atomic mass is 16.4. The molecule has 0 saturated heterocycles. The number of aliphatic hydroxyl groups is 1. The lowest BCUT2D eigenvalue weighted by Gasteiger charge is -2.08. The van der Waals surface area contributed by atoms with Crippen molar-refractivity contribution in [2.45, 2.75) is 12.6 Å². The van der Waals surface area contributed by atoms with Gasteiger partial charge < -0.3 is 20.8 Å². The molecule has 0 aliphatic heterocycles. The standard InChI is InChI=1S/C9H14N4O4/c1-13-5-6(3-12-13)2-10-9(17)11-4-7(14)8(15)16/h3,5,7,14H,2,4H2,1H3,(H,15,16)(H2,10,11,17)/t7-/m0/s1. The van der Waals surface area contributed by atoms with Crippen molar-refractivity contribution < 1.29 is 19.8 Å². The van der Waals surface area contributed by atoms with Crippen LogP contribution in [0.25, 0.3) is 0 Å². The number of aryl methyl sites for hydroxylation is 1. The van der Waals surface area contributed by atoms with Gasteiger partial charge in [0.15, 0.2) is 6.10 Å². The molecule has 0 radical (unpaired) electrons. The predicted octanol–water partition coefficient (Wildman–Crippen LogP) is -1.34. The second-order valence-electron chi connectivity index (χ2n) is 3.44. The van der Waals surface area contributed by atoms with E-state index in [0.29, 0.717) is 0 Å². The van der Waals surface area contributed by atoms with E-state index < -0.39 is 18.1 Å². The molecule has 94 valence electrons. The third-order valence-corrected chi connectivity index (χ3v) is 1.95. The number of amides is 2. The number of hydrogen-bond donors (Lipinski definition) is 4. The van der Waals surface area contributed by atoms with Crippen molar-refractivity contribution in [3.8, 4) is 0 Å². The molecule has 8 heteroatoms. The fourth-order valence-corrected chi connectivity index (χ4v) is 1.08. The lowest BCUT2D eigenvalue weighted by molar-refractivity contribution is -0.146. The summed E-state index contributed by atoms with van der Waals surface area (Å²) < 4.78 is 1.60. The second-order valence-corrected chi connectivity index (χ2v) is 3.44. The van der Waals surface area contributed by atoms with E-state index in [9.17, 15) is 9.59 Å². The van der Waals surface area contributed by atoms with Gasteiger partial charge in [0.2, 0.25) is 0 Å². The Morgan fingerprint density at radius 1 is 1.53 bits per heavy atom. The lowest BCUT2D eigenvalue weighted by Crippen LogP contribution is -2.41. The summed E-state index contributed by atoms with van der Waals surface area (Å²) in [6, 6.07) is -0.547. The molecule has 8 nitrogen and oxygen atoms in total. The van der Waals surface area contributed by atoms with E-state index in [0.717, 1.165) is 5.56 Å². The van der Waals surface area contributed by atoms with Gasteiger partial charge in [-0.25, -0.2) is 9.59 Å². The minimum Gasteiger partial charge on any atom is -0.479 e. The molecule has 1 rings (SSSR count). The molecular weight excluding hydrogens is 228 g/mol. The summed E-state index contributed by atoms with van der Waals surface area (Å²) >= 11 is 0. The molecule has 1 aromatic rings. The van der Waals surface area contributed by atoms with Crippen LogP contribution in [0.3, 0.4) is 0 Å². The van der Waals surface area contributed by atoms with E-state index in [1.54, 1.807) is 24.1 Å². The van der Waals surface area contributed by atoms with Gasteiger partial charge in [0, 0.05) is 25.4 Å². The van der Waals surface area contributed by atoms with Crippen molar-refractivity contribution >= 4 is 12.0 Å². The zero-order chi connectivity index (χ0) is 12.8. The number of urea groups is 1. The Morgan fingerprint density at radius 3 is 2.76 bits per heavy atom. The van der Waals surface area contributed by atoms with Crippen LogP contribution in [0.5, 0.6) is 0 Å². The fourth-order valence-electron chi connectivity index (χ4n) is 1.08. The Labute approximate surface area is 97.2 Å². The quantitative estimate of drug-likeness (QED) is 0.510. The molecule has 0 aliphatic carbocycles. The number of carbonyl (C=O) groups is 2. The van der Waals surface area contributed by atoms with Crippen LogP contribution in [-0.2, 0) is 18.4 Å². The third-order valence-electron chi connectivity index (χ3n) is 1.95. The number of nitrogens with one attached hydrogen (secondary N) is 2. The van der Waals surface area contributed by atoms with Gasteiger partial charge in [-0.2, -0.15) is 5.10 Å².